The molecule has 0 spiro atoms. The van der Waals surface area contributed by atoms with Gasteiger partial charge in [0.15, 0.2) is 0 Å². The minimum Gasteiger partial charge on any atom is -0.481 e. The van der Waals surface area contributed by atoms with E-state index in [-0.39, 0.29) is 18.9 Å². The number of hydrogen-bond donors (Lipinski definition) is 2. The monoisotopic (exact) mass is 273 g/mol. The van der Waals surface area contributed by atoms with Gasteiger partial charge in [-0.2, -0.15) is 0 Å². The molecule has 0 aliphatic heterocycles. The molecule has 19 heavy (non-hydrogen) atoms. The number of hydrogen-bond acceptors (Lipinski definition) is 3. The summed E-state index contributed by atoms with van der Waals surface area (Å²) in [6, 6.07) is -0.837. The smallest absolute Gasteiger partial charge is 0.318 e. The Morgan fingerprint density at radius 1 is 1.21 bits per heavy atom. The number of nitrogens with one attached hydrogen (secondary N) is 1. The first-order valence-corrected chi connectivity index (χ1v) is 6.33. The highest BCUT2D eigenvalue weighted by molar-refractivity contribution is 5.84. The van der Waals surface area contributed by atoms with Gasteiger partial charge in [-0.15, -0.1) is 0 Å². The Morgan fingerprint density at radius 2 is 1.79 bits per heavy atom. The van der Waals surface area contributed by atoms with E-state index in [0.29, 0.717) is 13.1 Å². The second-order valence-corrected chi connectivity index (χ2v) is 4.30. The predicted octanol–water partition coefficient (Wildman–Crippen LogP) is 0.359. The number of carboxylic acids is 1. The summed E-state index contributed by atoms with van der Waals surface area (Å²) in [6.07, 6.45) is -0.121. The van der Waals surface area contributed by atoms with E-state index in [1.165, 1.54) is 9.80 Å². The Kier molecular flexibility index (Phi) is 7.55. The van der Waals surface area contributed by atoms with Gasteiger partial charge in [-0.1, -0.05) is 0 Å². The van der Waals surface area contributed by atoms with Gasteiger partial charge in [-0.25, -0.2) is 4.79 Å². The second kappa shape index (κ2) is 8.34. The lowest BCUT2D eigenvalue weighted by atomic mass is 10.2. The lowest BCUT2D eigenvalue weighted by Crippen LogP contribution is -2.48. The van der Waals surface area contributed by atoms with E-state index in [9.17, 15) is 14.4 Å². The van der Waals surface area contributed by atoms with Crippen LogP contribution in [0.15, 0.2) is 0 Å². The van der Waals surface area contributed by atoms with E-state index in [2.05, 4.69) is 5.32 Å². The Bertz CT molecular complexity index is 333. The summed E-state index contributed by atoms with van der Waals surface area (Å²) in [5.74, 6) is -1.14. The normalized spacial score (nSPS) is 11.6. The van der Waals surface area contributed by atoms with Crippen LogP contribution >= 0.6 is 0 Å². The third-order valence-corrected chi connectivity index (χ3v) is 2.89. The number of aliphatic carboxylic acids is 1. The first kappa shape index (κ1) is 17.2. The predicted molar refractivity (Wildman–Crippen MR) is 70.8 cm³/mol. The number of likely N-dealkylation sites (N-methyl/N-ethyl adjacent to an activating group) is 1. The Hall–Kier alpha value is -1.79. The molecule has 0 aliphatic carbocycles. The van der Waals surface area contributed by atoms with Gasteiger partial charge in [-0.3, -0.25) is 9.59 Å². The Balaban J connectivity index is 4.36. The summed E-state index contributed by atoms with van der Waals surface area (Å²) >= 11 is 0. The third kappa shape index (κ3) is 6.08. The first-order valence-electron chi connectivity index (χ1n) is 6.33. The zero-order chi connectivity index (χ0) is 15.0. The van der Waals surface area contributed by atoms with Crippen LogP contribution in [-0.2, 0) is 9.59 Å². The van der Waals surface area contributed by atoms with Gasteiger partial charge < -0.3 is 20.2 Å². The number of carbonyl (C=O) groups excluding carboxylic acids is 2. The maximum absolute atomic E-state index is 11.9. The highest BCUT2D eigenvalue weighted by atomic mass is 16.4. The molecule has 7 nitrogen and oxygen atoms in total. The van der Waals surface area contributed by atoms with E-state index in [4.69, 9.17) is 5.11 Å². The molecule has 0 bridgehead atoms. The molecule has 0 saturated heterocycles. The lowest BCUT2D eigenvalue weighted by Gasteiger charge is -2.27. The number of nitrogens with zero attached hydrogens (tertiary/aromatic N) is 2. The summed E-state index contributed by atoms with van der Waals surface area (Å²) in [7, 11) is 1.65. The molecule has 2 N–H and O–H groups in total. The lowest BCUT2D eigenvalue weighted by molar-refractivity contribution is -0.138. The van der Waals surface area contributed by atoms with Crippen molar-refractivity contribution in [2.24, 2.45) is 0 Å². The Labute approximate surface area is 113 Å². The van der Waals surface area contributed by atoms with Crippen LogP contribution < -0.4 is 5.32 Å². The van der Waals surface area contributed by atoms with Crippen molar-refractivity contribution in [3.63, 3.8) is 0 Å². The van der Waals surface area contributed by atoms with E-state index in [0.717, 1.165) is 0 Å². The summed E-state index contributed by atoms with van der Waals surface area (Å²) < 4.78 is 0. The van der Waals surface area contributed by atoms with Crippen LogP contribution in [0.25, 0.3) is 0 Å². The molecular formula is C12H23N3O4. The zero-order valence-corrected chi connectivity index (χ0v) is 12.0. The minimum atomic E-state index is -0.958. The molecule has 7 heteroatoms. The number of rotatable bonds is 7. The van der Waals surface area contributed by atoms with Crippen molar-refractivity contribution in [3.05, 3.63) is 0 Å². The van der Waals surface area contributed by atoms with Gasteiger partial charge in [0.1, 0.15) is 0 Å². The average molecular weight is 273 g/mol. The van der Waals surface area contributed by atoms with E-state index in [1.54, 1.807) is 20.9 Å². The van der Waals surface area contributed by atoms with Crippen LogP contribution in [0.5, 0.6) is 0 Å². The molecule has 3 amide bonds. The van der Waals surface area contributed by atoms with Crippen molar-refractivity contribution >= 4 is 17.9 Å². The fraction of sp³-hybridized carbons (Fsp3) is 0.750. The third-order valence-electron chi connectivity index (χ3n) is 2.89. The fourth-order valence-corrected chi connectivity index (χ4v) is 1.58. The van der Waals surface area contributed by atoms with E-state index >= 15 is 0 Å². The van der Waals surface area contributed by atoms with Crippen LogP contribution in [0.2, 0.25) is 0 Å². The second-order valence-electron chi connectivity index (χ2n) is 4.30. The maximum Gasteiger partial charge on any atom is 0.318 e. The highest BCUT2D eigenvalue weighted by Gasteiger charge is 2.21. The van der Waals surface area contributed by atoms with Crippen LogP contribution in [0.1, 0.15) is 27.2 Å². The molecule has 0 rings (SSSR count). The standard InChI is InChI=1S/C12H23N3O4/c1-5-14(4)10(16)8-13-12(19)15(6-2)9(3)7-11(17)18/h9H,5-8H2,1-4H3,(H,13,19)(H,17,18). The van der Waals surface area contributed by atoms with Crippen LogP contribution in [0.4, 0.5) is 4.79 Å². The van der Waals surface area contributed by atoms with Gasteiger partial charge in [0.2, 0.25) is 5.91 Å². The number of urea groups is 1. The SMILES string of the molecule is CCN(C)C(=O)CNC(=O)N(CC)C(C)CC(=O)O. The van der Waals surface area contributed by atoms with Crippen LogP contribution in [-0.4, -0.2) is 65.5 Å². The largest absolute Gasteiger partial charge is 0.481 e. The summed E-state index contributed by atoms with van der Waals surface area (Å²) in [5.41, 5.74) is 0. The zero-order valence-electron chi connectivity index (χ0n) is 12.0. The molecule has 1 atom stereocenters. The van der Waals surface area contributed by atoms with Gasteiger partial charge in [0, 0.05) is 26.2 Å². The number of carboxylic acid groups (broad SMARTS) is 1. The van der Waals surface area contributed by atoms with Crippen molar-refractivity contribution in [1.82, 2.24) is 15.1 Å². The van der Waals surface area contributed by atoms with Gasteiger partial charge in [-0.05, 0) is 20.8 Å². The molecule has 0 radical (unpaired) electrons. The molecular weight excluding hydrogens is 250 g/mol. The maximum atomic E-state index is 11.9. The van der Waals surface area contributed by atoms with Gasteiger partial charge in [0.05, 0.1) is 13.0 Å². The average Bonchev–Trinajstić information content (AvgIpc) is 2.34. The van der Waals surface area contributed by atoms with Crippen molar-refractivity contribution in [2.75, 3.05) is 26.7 Å². The molecule has 0 fully saturated rings. The molecule has 110 valence electrons. The number of amides is 3. The summed E-state index contributed by atoms with van der Waals surface area (Å²) in [4.78, 5) is 36.9. The number of carbonyl (C=O) groups is 3. The van der Waals surface area contributed by atoms with E-state index in [1.807, 2.05) is 6.92 Å². The van der Waals surface area contributed by atoms with Crippen molar-refractivity contribution in [2.45, 2.75) is 33.2 Å². The molecule has 0 aromatic heterocycles. The van der Waals surface area contributed by atoms with Crippen molar-refractivity contribution in [1.29, 1.82) is 0 Å². The molecule has 0 aromatic carbocycles. The summed E-state index contributed by atoms with van der Waals surface area (Å²) in [5, 5.41) is 11.2. The topological polar surface area (TPSA) is 90.0 Å². The fourth-order valence-electron chi connectivity index (χ4n) is 1.58. The minimum absolute atomic E-state index is 0.0839. The molecule has 0 aliphatic rings. The molecule has 0 heterocycles. The molecule has 0 saturated carbocycles. The first-order chi connectivity index (χ1) is 8.83. The Morgan fingerprint density at radius 3 is 2.21 bits per heavy atom. The highest BCUT2D eigenvalue weighted by Crippen LogP contribution is 2.04. The van der Waals surface area contributed by atoms with Gasteiger partial charge in [0.25, 0.3) is 0 Å². The van der Waals surface area contributed by atoms with E-state index < -0.39 is 18.0 Å². The van der Waals surface area contributed by atoms with Crippen molar-refractivity contribution < 1.29 is 19.5 Å². The van der Waals surface area contributed by atoms with Crippen molar-refractivity contribution in [3.8, 4) is 0 Å². The quantitative estimate of drug-likeness (QED) is 0.700. The summed E-state index contributed by atoms with van der Waals surface area (Å²) in [6.45, 7) is 6.14. The van der Waals surface area contributed by atoms with Gasteiger partial charge >= 0.3 is 12.0 Å². The van der Waals surface area contributed by atoms with Crippen LogP contribution in [0.3, 0.4) is 0 Å². The molecule has 0 aromatic rings. The molecule has 1 unspecified atom stereocenters. The van der Waals surface area contributed by atoms with Crippen LogP contribution in [0, 0.1) is 0 Å².